The molecule has 0 unspecified atom stereocenters. The average molecular weight is 243 g/mol. The molecule has 1 heterocycles. The van der Waals surface area contributed by atoms with Gasteiger partial charge in [0.05, 0.1) is 0 Å². The van der Waals surface area contributed by atoms with Gasteiger partial charge in [-0.1, -0.05) is 6.92 Å². The highest BCUT2D eigenvalue weighted by atomic mass is 16.5. The molecule has 0 aromatic heterocycles. The van der Waals surface area contributed by atoms with Crippen molar-refractivity contribution in [1.82, 2.24) is 15.1 Å². The Bertz CT molecular complexity index is 216. The Morgan fingerprint density at radius 2 is 2.00 bits per heavy atom. The Morgan fingerprint density at radius 3 is 2.59 bits per heavy atom. The van der Waals surface area contributed by atoms with Crippen LogP contribution in [-0.2, 0) is 4.74 Å². The van der Waals surface area contributed by atoms with Crippen molar-refractivity contribution in [3.8, 4) is 0 Å². The third-order valence-corrected chi connectivity index (χ3v) is 3.00. The smallest absolute Gasteiger partial charge is 0.317 e. The molecular formula is C12H25N3O2. The summed E-state index contributed by atoms with van der Waals surface area (Å²) in [5.74, 6) is 0. The summed E-state index contributed by atoms with van der Waals surface area (Å²) in [6, 6.07) is 0.0669. The Morgan fingerprint density at radius 1 is 1.29 bits per heavy atom. The van der Waals surface area contributed by atoms with E-state index in [1.54, 1.807) is 7.11 Å². The van der Waals surface area contributed by atoms with Crippen molar-refractivity contribution in [2.45, 2.75) is 19.8 Å². The first-order chi connectivity index (χ1) is 8.27. The molecule has 17 heavy (non-hydrogen) atoms. The molecule has 1 rings (SSSR count). The highest BCUT2D eigenvalue weighted by molar-refractivity contribution is 5.74. The fraction of sp³-hybridized carbons (Fsp3) is 0.917. The number of carbonyl (C=O) groups is 1. The summed E-state index contributed by atoms with van der Waals surface area (Å²) < 4.78 is 4.94. The number of piperazine rings is 1. The fourth-order valence-corrected chi connectivity index (χ4v) is 2.01. The Balaban J connectivity index is 2.12. The zero-order chi connectivity index (χ0) is 12.5. The summed E-state index contributed by atoms with van der Waals surface area (Å²) in [5.41, 5.74) is 0. The SMILES string of the molecule is CCCN1CCN(C(=O)NCCCOC)CC1. The second kappa shape index (κ2) is 8.31. The number of amides is 2. The topological polar surface area (TPSA) is 44.8 Å². The zero-order valence-corrected chi connectivity index (χ0v) is 11.1. The predicted octanol–water partition coefficient (Wildman–Crippen LogP) is 0.760. The first kappa shape index (κ1) is 14.3. The van der Waals surface area contributed by atoms with Crippen LogP contribution >= 0.6 is 0 Å². The van der Waals surface area contributed by atoms with Crippen LogP contribution in [0.5, 0.6) is 0 Å². The number of hydrogen-bond donors (Lipinski definition) is 1. The van der Waals surface area contributed by atoms with Crippen molar-refractivity contribution in [2.75, 3.05) is 53.0 Å². The van der Waals surface area contributed by atoms with Crippen LogP contribution in [0.25, 0.3) is 0 Å². The maximum Gasteiger partial charge on any atom is 0.317 e. The maximum atomic E-state index is 11.8. The van der Waals surface area contributed by atoms with Gasteiger partial charge in [-0.25, -0.2) is 4.79 Å². The molecule has 0 atom stereocenters. The molecule has 1 fully saturated rings. The molecule has 0 aromatic carbocycles. The average Bonchev–Trinajstić information content (AvgIpc) is 2.36. The van der Waals surface area contributed by atoms with Crippen molar-refractivity contribution in [2.24, 2.45) is 0 Å². The van der Waals surface area contributed by atoms with E-state index >= 15 is 0 Å². The quantitative estimate of drug-likeness (QED) is 0.701. The molecular weight excluding hydrogens is 218 g/mol. The summed E-state index contributed by atoms with van der Waals surface area (Å²) in [6.07, 6.45) is 2.06. The third kappa shape index (κ3) is 5.37. The van der Waals surface area contributed by atoms with E-state index in [0.717, 1.165) is 39.1 Å². The number of methoxy groups -OCH3 is 1. The lowest BCUT2D eigenvalue weighted by Crippen LogP contribution is -2.51. The summed E-state index contributed by atoms with van der Waals surface area (Å²) in [7, 11) is 1.68. The first-order valence-electron chi connectivity index (χ1n) is 6.52. The number of ether oxygens (including phenoxy) is 1. The predicted molar refractivity (Wildman–Crippen MR) is 68.2 cm³/mol. The zero-order valence-electron chi connectivity index (χ0n) is 11.1. The van der Waals surface area contributed by atoms with Crippen LogP contribution in [0, 0.1) is 0 Å². The molecule has 100 valence electrons. The van der Waals surface area contributed by atoms with Gasteiger partial charge in [0.15, 0.2) is 0 Å². The third-order valence-electron chi connectivity index (χ3n) is 3.00. The lowest BCUT2D eigenvalue weighted by atomic mass is 10.3. The van der Waals surface area contributed by atoms with Gasteiger partial charge in [0.2, 0.25) is 0 Å². The van der Waals surface area contributed by atoms with E-state index in [4.69, 9.17) is 4.74 Å². The molecule has 1 aliphatic rings. The van der Waals surface area contributed by atoms with Gasteiger partial charge in [0.1, 0.15) is 0 Å². The monoisotopic (exact) mass is 243 g/mol. The van der Waals surface area contributed by atoms with Gasteiger partial charge in [0.25, 0.3) is 0 Å². The van der Waals surface area contributed by atoms with Crippen LogP contribution in [0.15, 0.2) is 0 Å². The van der Waals surface area contributed by atoms with E-state index in [9.17, 15) is 4.79 Å². The van der Waals surface area contributed by atoms with Gasteiger partial charge in [-0.05, 0) is 19.4 Å². The van der Waals surface area contributed by atoms with E-state index in [-0.39, 0.29) is 6.03 Å². The van der Waals surface area contributed by atoms with Gasteiger partial charge in [0, 0.05) is 46.4 Å². The van der Waals surface area contributed by atoms with Crippen molar-refractivity contribution in [1.29, 1.82) is 0 Å². The normalized spacial score (nSPS) is 17.2. The van der Waals surface area contributed by atoms with Crippen LogP contribution < -0.4 is 5.32 Å². The van der Waals surface area contributed by atoms with E-state index in [2.05, 4.69) is 17.1 Å². The van der Waals surface area contributed by atoms with E-state index in [0.29, 0.717) is 13.2 Å². The molecule has 5 heteroatoms. The number of nitrogens with one attached hydrogen (secondary N) is 1. The Labute approximate surface area is 104 Å². The van der Waals surface area contributed by atoms with Crippen LogP contribution in [0.3, 0.4) is 0 Å². The number of urea groups is 1. The van der Waals surface area contributed by atoms with Crippen molar-refractivity contribution in [3.05, 3.63) is 0 Å². The van der Waals surface area contributed by atoms with Crippen molar-refractivity contribution >= 4 is 6.03 Å². The summed E-state index contributed by atoms with van der Waals surface area (Å²) >= 11 is 0. The second-order valence-corrected chi connectivity index (χ2v) is 4.41. The molecule has 2 amide bonds. The van der Waals surface area contributed by atoms with Gasteiger partial charge in [-0.3, -0.25) is 4.90 Å². The number of nitrogens with zero attached hydrogens (tertiary/aromatic N) is 2. The molecule has 1 saturated heterocycles. The molecule has 5 nitrogen and oxygen atoms in total. The fourth-order valence-electron chi connectivity index (χ4n) is 2.01. The Hall–Kier alpha value is -0.810. The molecule has 0 radical (unpaired) electrons. The number of rotatable bonds is 6. The standard InChI is InChI=1S/C12H25N3O2/c1-3-6-14-7-9-15(10-8-14)12(16)13-5-4-11-17-2/h3-11H2,1-2H3,(H,13,16). The van der Waals surface area contributed by atoms with E-state index in [1.165, 1.54) is 6.42 Å². The van der Waals surface area contributed by atoms with Crippen molar-refractivity contribution < 1.29 is 9.53 Å². The maximum absolute atomic E-state index is 11.8. The molecule has 0 aliphatic carbocycles. The lowest BCUT2D eigenvalue weighted by molar-refractivity contribution is 0.138. The minimum atomic E-state index is 0.0669. The van der Waals surface area contributed by atoms with Gasteiger partial charge < -0.3 is 15.0 Å². The lowest BCUT2D eigenvalue weighted by Gasteiger charge is -2.34. The molecule has 0 saturated carbocycles. The van der Waals surface area contributed by atoms with Crippen LogP contribution in [0.1, 0.15) is 19.8 Å². The molecule has 0 aromatic rings. The molecule has 1 aliphatic heterocycles. The number of hydrogen-bond acceptors (Lipinski definition) is 3. The minimum absolute atomic E-state index is 0.0669. The highest BCUT2D eigenvalue weighted by Gasteiger charge is 2.19. The Kier molecular flexibility index (Phi) is 6.96. The first-order valence-corrected chi connectivity index (χ1v) is 6.52. The summed E-state index contributed by atoms with van der Waals surface area (Å²) in [4.78, 5) is 16.1. The van der Waals surface area contributed by atoms with Gasteiger partial charge >= 0.3 is 6.03 Å². The highest BCUT2D eigenvalue weighted by Crippen LogP contribution is 2.02. The summed E-state index contributed by atoms with van der Waals surface area (Å²) in [5, 5.41) is 2.92. The largest absolute Gasteiger partial charge is 0.385 e. The van der Waals surface area contributed by atoms with Gasteiger partial charge in [-0.15, -0.1) is 0 Å². The molecule has 1 N–H and O–H groups in total. The van der Waals surface area contributed by atoms with Crippen molar-refractivity contribution in [3.63, 3.8) is 0 Å². The second-order valence-electron chi connectivity index (χ2n) is 4.41. The van der Waals surface area contributed by atoms with Crippen LogP contribution in [0.2, 0.25) is 0 Å². The minimum Gasteiger partial charge on any atom is -0.385 e. The number of carbonyl (C=O) groups excluding carboxylic acids is 1. The van der Waals surface area contributed by atoms with Crippen LogP contribution in [0.4, 0.5) is 4.79 Å². The molecule has 0 bridgehead atoms. The molecule has 0 spiro atoms. The van der Waals surface area contributed by atoms with E-state index in [1.807, 2.05) is 4.90 Å². The van der Waals surface area contributed by atoms with Crippen LogP contribution in [-0.4, -0.2) is 68.8 Å². The summed E-state index contributed by atoms with van der Waals surface area (Å²) in [6.45, 7) is 8.41. The van der Waals surface area contributed by atoms with E-state index < -0.39 is 0 Å². The van der Waals surface area contributed by atoms with Gasteiger partial charge in [-0.2, -0.15) is 0 Å².